The van der Waals surface area contributed by atoms with E-state index >= 15 is 0 Å². The lowest BCUT2D eigenvalue weighted by Crippen LogP contribution is -2.49. The van der Waals surface area contributed by atoms with E-state index in [1.54, 1.807) is 0 Å². The van der Waals surface area contributed by atoms with Gasteiger partial charge >= 0.3 is 0 Å². The van der Waals surface area contributed by atoms with E-state index in [2.05, 4.69) is 24.1 Å². The summed E-state index contributed by atoms with van der Waals surface area (Å²) in [5, 5.41) is 3.44. The van der Waals surface area contributed by atoms with E-state index in [9.17, 15) is 0 Å². The summed E-state index contributed by atoms with van der Waals surface area (Å²) in [6, 6.07) is 0. The van der Waals surface area contributed by atoms with Crippen molar-refractivity contribution in [2.75, 3.05) is 32.7 Å². The van der Waals surface area contributed by atoms with Gasteiger partial charge in [-0.05, 0) is 50.1 Å². The molecule has 2 heteroatoms. The van der Waals surface area contributed by atoms with E-state index in [1.165, 1.54) is 52.0 Å². The highest BCUT2D eigenvalue weighted by molar-refractivity contribution is 4.83. The van der Waals surface area contributed by atoms with Crippen LogP contribution in [0.5, 0.6) is 0 Å². The molecule has 2 aliphatic rings. The summed E-state index contributed by atoms with van der Waals surface area (Å²) in [7, 11) is 0. The summed E-state index contributed by atoms with van der Waals surface area (Å²) in [4.78, 5) is 2.67. The predicted octanol–water partition coefficient (Wildman–Crippen LogP) is 2.99. The molecule has 0 aromatic carbocycles. The van der Waals surface area contributed by atoms with Crippen molar-refractivity contribution in [2.24, 2.45) is 17.8 Å². The third kappa shape index (κ3) is 5.39. The van der Waals surface area contributed by atoms with Gasteiger partial charge in [-0.15, -0.1) is 0 Å². The molecule has 102 valence electrons. The molecule has 0 spiro atoms. The van der Waals surface area contributed by atoms with E-state index < -0.39 is 0 Å². The zero-order valence-corrected chi connectivity index (χ0v) is 12.3. The first-order chi connectivity index (χ1) is 8.24. The maximum Gasteiger partial charge on any atom is 0.00222 e. The van der Waals surface area contributed by atoms with Gasteiger partial charge in [0.15, 0.2) is 0 Å². The SMILES string of the molecule is CC.CC(C)CC1CN(CC2CCNCC2)C1. The number of hydrogen-bond acceptors (Lipinski definition) is 2. The van der Waals surface area contributed by atoms with Gasteiger partial charge in [0.1, 0.15) is 0 Å². The Balaban J connectivity index is 0.000000686. The zero-order valence-electron chi connectivity index (χ0n) is 12.3. The minimum atomic E-state index is 0.885. The van der Waals surface area contributed by atoms with Crippen molar-refractivity contribution in [3.63, 3.8) is 0 Å². The van der Waals surface area contributed by atoms with Crippen LogP contribution in [0.4, 0.5) is 0 Å². The fraction of sp³-hybridized carbons (Fsp3) is 1.00. The molecule has 0 bridgehead atoms. The fourth-order valence-corrected chi connectivity index (χ4v) is 3.07. The van der Waals surface area contributed by atoms with Crippen molar-refractivity contribution < 1.29 is 0 Å². The van der Waals surface area contributed by atoms with E-state index in [-0.39, 0.29) is 0 Å². The Bertz CT molecular complexity index is 179. The highest BCUT2D eigenvalue weighted by Gasteiger charge is 2.28. The lowest BCUT2D eigenvalue weighted by molar-refractivity contribution is 0.0626. The Morgan fingerprint density at radius 2 is 1.65 bits per heavy atom. The first-order valence-corrected chi connectivity index (χ1v) is 7.67. The summed E-state index contributed by atoms with van der Waals surface area (Å²) in [5.74, 6) is 2.87. The second-order valence-corrected chi connectivity index (χ2v) is 5.91. The number of hydrogen-bond donors (Lipinski definition) is 1. The van der Waals surface area contributed by atoms with Crippen LogP contribution in [0.15, 0.2) is 0 Å². The zero-order chi connectivity index (χ0) is 12.7. The molecule has 0 amide bonds. The van der Waals surface area contributed by atoms with Crippen molar-refractivity contribution >= 4 is 0 Å². The average molecular weight is 240 g/mol. The molecule has 0 unspecified atom stereocenters. The van der Waals surface area contributed by atoms with Crippen LogP contribution in [0.2, 0.25) is 0 Å². The normalized spacial score (nSPS) is 23.1. The third-order valence-electron chi connectivity index (χ3n) is 3.81. The Morgan fingerprint density at radius 1 is 1.06 bits per heavy atom. The molecular weight excluding hydrogens is 208 g/mol. The van der Waals surface area contributed by atoms with E-state index in [0.29, 0.717) is 0 Å². The van der Waals surface area contributed by atoms with Crippen molar-refractivity contribution in [1.82, 2.24) is 10.2 Å². The van der Waals surface area contributed by atoms with Crippen LogP contribution in [0.25, 0.3) is 0 Å². The van der Waals surface area contributed by atoms with Crippen molar-refractivity contribution in [1.29, 1.82) is 0 Å². The minimum Gasteiger partial charge on any atom is -0.317 e. The second-order valence-electron chi connectivity index (χ2n) is 5.91. The molecule has 0 aliphatic carbocycles. The van der Waals surface area contributed by atoms with Crippen LogP contribution >= 0.6 is 0 Å². The second kappa shape index (κ2) is 8.10. The third-order valence-corrected chi connectivity index (χ3v) is 3.81. The molecular formula is C15H32N2. The van der Waals surface area contributed by atoms with Gasteiger partial charge in [-0.25, -0.2) is 0 Å². The Labute approximate surface area is 108 Å². The average Bonchev–Trinajstić information content (AvgIpc) is 2.30. The molecule has 2 saturated heterocycles. The number of nitrogens with one attached hydrogen (secondary N) is 1. The first kappa shape index (κ1) is 15.0. The number of rotatable bonds is 4. The van der Waals surface area contributed by atoms with Crippen LogP contribution in [-0.2, 0) is 0 Å². The van der Waals surface area contributed by atoms with Gasteiger partial charge in [0.05, 0.1) is 0 Å². The van der Waals surface area contributed by atoms with Crippen molar-refractivity contribution in [3.8, 4) is 0 Å². The molecule has 0 aromatic rings. The largest absolute Gasteiger partial charge is 0.317 e. The smallest absolute Gasteiger partial charge is 0.00222 e. The summed E-state index contributed by atoms with van der Waals surface area (Å²) in [6.45, 7) is 15.3. The molecule has 0 radical (unpaired) electrons. The van der Waals surface area contributed by atoms with Gasteiger partial charge in [0.25, 0.3) is 0 Å². The van der Waals surface area contributed by atoms with Gasteiger partial charge < -0.3 is 10.2 Å². The minimum absolute atomic E-state index is 0.885. The molecule has 1 N–H and O–H groups in total. The van der Waals surface area contributed by atoms with Gasteiger partial charge in [0.2, 0.25) is 0 Å². The quantitative estimate of drug-likeness (QED) is 0.812. The Morgan fingerprint density at radius 3 is 2.18 bits per heavy atom. The summed E-state index contributed by atoms with van der Waals surface area (Å²) < 4.78 is 0. The lowest BCUT2D eigenvalue weighted by Gasteiger charge is -2.42. The summed E-state index contributed by atoms with van der Waals surface area (Å²) >= 11 is 0. The maximum absolute atomic E-state index is 3.44. The van der Waals surface area contributed by atoms with E-state index in [0.717, 1.165) is 17.8 Å². The highest BCUT2D eigenvalue weighted by atomic mass is 15.2. The van der Waals surface area contributed by atoms with Crippen molar-refractivity contribution in [2.45, 2.75) is 47.0 Å². The number of nitrogens with zero attached hydrogens (tertiary/aromatic N) is 1. The molecule has 0 saturated carbocycles. The van der Waals surface area contributed by atoms with E-state index in [1.807, 2.05) is 13.8 Å². The molecule has 2 fully saturated rings. The molecule has 0 aromatic heterocycles. The van der Waals surface area contributed by atoms with Crippen LogP contribution in [-0.4, -0.2) is 37.6 Å². The molecule has 17 heavy (non-hydrogen) atoms. The van der Waals surface area contributed by atoms with Crippen molar-refractivity contribution in [3.05, 3.63) is 0 Å². The first-order valence-electron chi connectivity index (χ1n) is 7.67. The fourth-order valence-electron chi connectivity index (χ4n) is 3.07. The van der Waals surface area contributed by atoms with Crippen LogP contribution in [0.3, 0.4) is 0 Å². The summed E-state index contributed by atoms with van der Waals surface area (Å²) in [5.41, 5.74) is 0. The van der Waals surface area contributed by atoms with Gasteiger partial charge in [0, 0.05) is 19.6 Å². The predicted molar refractivity (Wildman–Crippen MR) is 76.3 cm³/mol. The Hall–Kier alpha value is -0.0800. The lowest BCUT2D eigenvalue weighted by atomic mass is 9.88. The summed E-state index contributed by atoms with van der Waals surface area (Å²) in [6.07, 6.45) is 4.22. The molecule has 0 atom stereocenters. The molecule has 2 aliphatic heterocycles. The molecule has 2 nitrogen and oxygen atoms in total. The Kier molecular flexibility index (Phi) is 7.14. The topological polar surface area (TPSA) is 15.3 Å². The monoisotopic (exact) mass is 240 g/mol. The highest BCUT2D eigenvalue weighted by Crippen LogP contribution is 2.25. The van der Waals surface area contributed by atoms with Crippen LogP contribution < -0.4 is 5.32 Å². The number of piperidine rings is 1. The maximum atomic E-state index is 3.44. The number of likely N-dealkylation sites (tertiary alicyclic amines) is 1. The van der Waals surface area contributed by atoms with Gasteiger partial charge in [-0.1, -0.05) is 27.7 Å². The van der Waals surface area contributed by atoms with Crippen LogP contribution in [0, 0.1) is 17.8 Å². The van der Waals surface area contributed by atoms with Gasteiger partial charge in [-0.2, -0.15) is 0 Å². The molecule has 2 heterocycles. The molecule has 2 rings (SSSR count). The van der Waals surface area contributed by atoms with Gasteiger partial charge in [-0.3, -0.25) is 0 Å². The van der Waals surface area contributed by atoms with E-state index in [4.69, 9.17) is 0 Å². The van der Waals surface area contributed by atoms with Crippen LogP contribution in [0.1, 0.15) is 47.0 Å². The standard InChI is InChI=1S/C13H26N2.C2H6/c1-11(2)7-13-9-15(10-13)8-12-3-5-14-6-4-12;1-2/h11-14H,3-10H2,1-2H3;1-2H3.